The van der Waals surface area contributed by atoms with E-state index in [-0.39, 0.29) is 17.5 Å². The second-order valence-electron chi connectivity index (χ2n) is 16.6. The van der Waals surface area contributed by atoms with Gasteiger partial charge in [0.15, 0.2) is 0 Å². The molecule has 260 valence electrons. The molecule has 0 N–H and O–H groups in total. The highest BCUT2D eigenvalue weighted by Gasteiger charge is 2.59. The van der Waals surface area contributed by atoms with E-state index >= 15 is 0 Å². The molecular weight excluding hydrogens is 592 g/mol. The molecule has 8 atom stereocenters. The first-order valence-electron chi connectivity index (χ1n) is 19.3. The maximum absolute atomic E-state index is 13.2. The van der Waals surface area contributed by atoms with Crippen LogP contribution in [0.25, 0.3) is 0 Å². The Morgan fingerprint density at radius 1 is 0.875 bits per heavy atom. The van der Waals surface area contributed by atoms with Gasteiger partial charge in [-0.25, -0.2) is 4.79 Å². The Balaban J connectivity index is 1.03. The number of rotatable bonds is 12. The lowest BCUT2D eigenvalue weighted by molar-refractivity contribution is -0.0594. The third-order valence-electron chi connectivity index (χ3n) is 13.2. The van der Waals surface area contributed by atoms with Gasteiger partial charge in [0.25, 0.3) is 0 Å². The number of carbonyl (C=O) groups excluding carboxylic acids is 1. The van der Waals surface area contributed by atoms with Crippen molar-refractivity contribution in [2.24, 2.45) is 56.6 Å². The number of fused-ring (bicyclic) bond motifs is 5. The van der Waals surface area contributed by atoms with Gasteiger partial charge in [0.2, 0.25) is 0 Å². The number of ether oxygens (including phenoxy) is 2. The quantitative estimate of drug-likeness (QED) is 0.130. The molecule has 0 radical (unpaired) electrons. The summed E-state index contributed by atoms with van der Waals surface area (Å²) < 4.78 is 11.8. The minimum atomic E-state index is -0.239. The maximum atomic E-state index is 13.2. The minimum absolute atomic E-state index is 0.0478. The first kappa shape index (κ1) is 34.9. The SMILES string of the molecule is CCCOc1ccc(N=Nc2ccc(C(=O)O[C@H]3CC[C@@]4(C)C(=CC[C@H]5[C@@H]6CC[C@H]([C@H](C)CCCC(C)C)[C@@]6(C)CC[C@@H]54)C3)cc2)cc1. The number of carbonyl (C=O) groups is 1. The predicted molar refractivity (Wildman–Crippen MR) is 195 cm³/mol. The third kappa shape index (κ3) is 7.31. The van der Waals surface area contributed by atoms with Gasteiger partial charge in [-0.3, -0.25) is 0 Å². The van der Waals surface area contributed by atoms with Crippen molar-refractivity contribution in [3.05, 3.63) is 65.7 Å². The Labute approximate surface area is 290 Å². The third-order valence-corrected chi connectivity index (χ3v) is 13.2. The van der Waals surface area contributed by atoms with Crippen LogP contribution in [0, 0.1) is 46.3 Å². The van der Waals surface area contributed by atoms with E-state index in [9.17, 15) is 4.79 Å². The molecule has 4 aliphatic carbocycles. The average Bonchev–Trinajstić information content (AvgIpc) is 3.44. The summed E-state index contributed by atoms with van der Waals surface area (Å²) in [5.41, 5.74) is 4.35. The Hall–Kier alpha value is -2.95. The fourth-order valence-electron chi connectivity index (χ4n) is 10.6. The van der Waals surface area contributed by atoms with Gasteiger partial charge in [-0.05, 0) is 146 Å². The number of allylic oxidation sites excluding steroid dienone is 1. The van der Waals surface area contributed by atoms with E-state index in [4.69, 9.17) is 9.47 Å². The highest BCUT2D eigenvalue weighted by molar-refractivity contribution is 5.89. The molecule has 0 aliphatic heterocycles. The first-order valence-corrected chi connectivity index (χ1v) is 19.3. The van der Waals surface area contributed by atoms with Gasteiger partial charge in [0, 0.05) is 6.42 Å². The minimum Gasteiger partial charge on any atom is -0.494 e. The average molecular weight is 653 g/mol. The van der Waals surface area contributed by atoms with Gasteiger partial charge in [-0.1, -0.05) is 72.5 Å². The molecule has 6 rings (SSSR count). The molecule has 0 heterocycles. The molecule has 0 bridgehead atoms. The van der Waals surface area contributed by atoms with Crippen LogP contribution >= 0.6 is 0 Å². The van der Waals surface area contributed by atoms with Crippen LogP contribution in [0.4, 0.5) is 11.4 Å². The Bertz CT molecular complexity index is 1450. The van der Waals surface area contributed by atoms with Crippen molar-refractivity contribution in [3.63, 3.8) is 0 Å². The zero-order valence-electron chi connectivity index (χ0n) is 30.5. The van der Waals surface area contributed by atoms with Crippen LogP contribution < -0.4 is 4.74 Å². The van der Waals surface area contributed by atoms with Crippen molar-refractivity contribution < 1.29 is 14.3 Å². The number of nitrogens with zero attached hydrogens (tertiary/aromatic N) is 2. The standard InChI is InChI=1S/C43H60N2O3/c1-7-27-47-35-18-16-34(17-19-35)45-44-33-14-11-31(12-15-33)41(46)48-36-23-25-42(5)32(28-36)13-20-37-39-22-21-38(30(4)10-8-9-29(2)3)43(39,6)26-24-40(37)42/h11-19,29-30,36-40H,7-10,20-28H2,1-6H3/t30-,36+,37+,38-,39+,40+,42+,43-/m1/s1. The molecule has 2 aromatic carbocycles. The van der Waals surface area contributed by atoms with Crippen LogP contribution in [-0.4, -0.2) is 18.7 Å². The lowest BCUT2D eigenvalue weighted by Crippen LogP contribution is -2.51. The van der Waals surface area contributed by atoms with E-state index in [1.807, 2.05) is 36.4 Å². The number of azo groups is 1. The highest BCUT2D eigenvalue weighted by atomic mass is 16.5. The molecule has 5 heteroatoms. The van der Waals surface area contributed by atoms with E-state index in [0.29, 0.717) is 23.3 Å². The summed E-state index contributed by atoms with van der Waals surface area (Å²) in [7, 11) is 0. The molecule has 4 aliphatic rings. The summed E-state index contributed by atoms with van der Waals surface area (Å²) in [5, 5.41) is 8.68. The van der Waals surface area contributed by atoms with Crippen molar-refractivity contribution >= 4 is 17.3 Å². The fraction of sp³-hybridized carbons (Fsp3) is 0.651. The zero-order chi connectivity index (χ0) is 33.9. The molecule has 0 saturated heterocycles. The smallest absolute Gasteiger partial charge is 0.338 e. The molecule has 5 nitrogen and oxygen atoms in total. The lowest BCUT2D eigenvalue weighted by Gasteiger charge is -2.58. The van der Waals surface area contributed by atoms with Crippen LogP contribution in [-0.2, 0) is 4.74 Å². The van der Waals surface area contributed by atoms with Crippen molar-refractivity contribution in [1.82, 2.24) is 0 Å². The Morgan fingerprint density at radius 3 is 2.27 bits per heavy atom. The van der Waals surface area contributed by atoms with E-state index < -0.39 is 0 Å². The van der Waals surface area contributed by atoms with Gasteiger partial charge < -0.3 is 9.47 Å². The van der Waals surface area contributed by atoms with Crippen LogP contribution in [0.2, 0.25) is 0 Å². The monoisotopic (exact) mass is 652 g/mol. The summed E-state index contributed by atoms with van der Waals surface area (Å²) in [6, 6.07) is 14.9. The highest BCUT2D eigenvalue weighted by Crippen LogP contribution is 2.67. The molecule has 3 saturated carbocycles. The maximum Gasteiger partial charge on any atom is 0.338 e. The zero-order valence-corrected chi connectivity index (χ0v) is 30.5. The Kier molecular flexibility index (Phi) is 10.8. The van der Waals surface area contributed by atoms with Gasteiger partial charge >= 0.3 is 5.97 Å². The summed E-state index contributed by atoms with van der Waals surface area (Å²) in [6.07, 6.45) is 17.5. The number of benzene rings is 2. The van der Waals surface area contributed by atoms with E-state index in [1.165, 1.54) is 51.4 Å². The molecule has 0 amide bonds. The van der Waals surface area contributed by atoms with Gasteiger partial charge in [-0.2, -0.15) is 10.2 Å². The van der Waals surface area contributed by atoms with Crippen molar-refractivity contribution in [2.75, 3.05) is 6.61 Å². The predicted octanol–water partition coefficient (Wildman–Crippen LogP) is 12.5. The topological polar surface area (TPSA) is 60.2 Å². The lowest BCUT2D eigenvalue weighted by atomic mass is 9.47. The van der Waals surface area contributed by atoms with Crippen LogP contribution in [0.1, 0.15) is 129 Å². The summed E-state index contributed by atoms with van der Waals surface area (Å²) in [6.45, 7) is 15.3. The van der Waals surface area contributed by atoms with Gasteiger partial charge in [-0.15, -0.1) is 0 Å². The summed E-state index contributed by atoms with van der Waals surface area (Å²) in [5.74, 6) is 5.61. The molecule has 0 aromatic heterocycles. The normalized spacial score (nSPS) is 31.9. The second-order valence-corrected chi connectivity index (χ2v) is 16.6. The molecule has 0 spiro atoms. The van der Waals surface area contributed by atoms with Crippen molar-refractivity contribution in [3.8, 4) is 5.75 Å². The molecule has 2 aromatic rings. The van der Waals surface area contributed by atoms with Crippen LogP contribution in [0.15, 0.2) is 70.4 Å². The van der Waals surface area contributed by atoms with E-state index in [2.05, 4.69) is 57.8 Å². The molecular formula is C43H60N2O3. The number of esters is 1. The van der Waals surface area contributed by atoms with E-state index in [0.717, 1.165) is 72.6 Å². The first-order chi connectivity index (χ1) is 23.1. The van der Waals surface area contributed by atoms with Crippen LogP contribution in [0.5, 0.6) is 5.75 Å². The Morgan fingerprint density at radius 2 is 1.58 bits per heavy atom. The van der Waals surface area contributed by atoms with Crippen molar-refractivity contribution in [2.45, 2.75) is 125 Å². The molecule has 3 fully saturated rings. The molecule has 48 heavy (non-hydrogen) atoms. The van der Waals surface area contributed by atoms with Crippen LogP contribution in [0.3, 0.4) is 0 Å². The number of hydrogen-bond donors (Lipinski definition) is 0. The van der Waals surface area contributed by atoms with Crippen molar-refractivity contribution in [1.29, 1.82) is 0 Å². The van der Waals surface area contributed by atoms with E-state index in [1.54, 1.807) is 17.7 Å². The summed E-state index contributed by atoms with van der Waals surface area (Å²) >= 11 is 0. The number of hydrogen-bond acceptors (Lipinski definition) is 5. The van der Waals surface area contributed by atoms with Gasteiger partial charge in [0.1, 0.15) is 11.9 Å². The second kappa shape index (κ2) is 14.9. The fourth-order valence-corrected chi connectivity index (χ4v) is 10.6. The summed E-state index contributed by atoms with van der Waals surface area (Å²) in [4.78, 5) is 13.2. The largest absolute Gasteiger partial charge is 0.494 e. The molecule has 0 unspecified atom stereocenters. The van der Waals surface area contributed by atoms with Gasteiger partial charge in [0.05, 0.1) is 23.5 Å².